The average molecular weight is 362 g/mol. The van der Waals surface area contributed by atoms with Crippen LogP contribution in [0.15, 0.2) is 0 Å². The van der Waals surface area contributed by atoms with Gasteiger partial charge in [0.25, 0.3) is 0 Å². The first-order chi connectivity index (χ1) is 11.2. The maximum atomic E-state index is 12.8. The van der Waals surface area contributed by atoms with Gasteiger partial charge in [-0.05, 0) is 33.4 Å². The van der Waals surface area contributed by atoms with Crippen molar-refractivity contribution in [3.8, 4) is 0 Å². The van der Waals surface area contributed by atoms with E-state index in [-0.39, 0.29) is 12.5 Å². The molecular formula is C13H22N4O6S. The third-order valence-electron chi connectivity index (χ3n) is 4.99. The van der Waals surface area contributed by atoms with Gasteiger partial charge in [-0.2, -0.15) is 13.5 Å². The monoisotopic (exact) mass is 362 g/mol. The Morgan fingerprint density at radius 3 is 2.54 bits per heavy atom. The summed E-state index contributed by atoms with van der Waals surface area (Å²) < 4.78 is 34.9. The minimum absolute atomic E-state index is 0.111. The molecule has 2 bridgehead atoms. The van der Waals surface area contributed by atoms with E-state index >= 15 is 0 Å². The maximum Gasteiger partial charge on any atom is 0.418 e. The van der Waals surface area contributed by atoms with Gasteiger partial charge in [-0.3, -0.25) is 9.35 Å². The van der Waals surface area contributed by atoms with Crippen molar-refractivity contribution in [1.82, 2.24) is 19.8 Å². The third kappa shape index (κ3) is 3.21. The summed E-state index contributed by atoms with van der Waals surface area (Å²) in [5, 5.41) is 0.662. The highest BCUT2D eigenvalue weighted by molar-refractivity contribution is 7.80. The predicted molar refractivity (Wildman–Crippen MR) is 82.1 cm³/mol. The Hall–Kier alpha value is -1.43. The first-order valence-electron chi connectivity index (χ1n) is 7.89. The fraction of sp³-hybridized carbons (Fsp3) is 0.846. The number of hydrogen-bond donors (Lipinski definition) is 1. The lowest BCUT2D eigenvalue weighted by Crippen LogP contribution is -2.51. The van der Waals surface area contributed by atoms with Crippen LogP contribution in [-0.2, 0) is 19.5 Å². The summed E-state index contributed by atoms with van der Waals surface area (Å²) in [6, 6.07) is -1.48. The lowest BCUT2D eigenvalue weighted by atomic mass is 10.00. The third-order valence-corrected chi connectivity index (χ3v) is 5.34. The lowest BCUT2D eigenvalue weighted by molar-refractivity contribution is -0.135. The summed E-state index contributed by atoms with van der Waals surface area (Å²) >= 11 is 0. The number of fused-ring (bicyclic) bond motifs is 2. The van der Waals surface area contributed by atoms with E-state index in [1.807, 2.05) is 14.1 Å². The molecular weight excluding hydrogens is 340 g/mol. The second kappa shape index (κ2) is 6.14. The minimum atomic E-state index is -4.77. The molecule has 11 heteroatoms. The van der Waals surface area contributed by atoms with Crippen LogP contribution in [0.25, 0.3) is 0 Å². The number of hydrogen-bond acceptors (Lipinski definition) is 6. The number of rotatable bonds is 4. The molecule has 3 heterocycles. The molecule has 10 nitrogen and oxygen atoms in total. The molecule has 0 aromatic rings. The van der Waals surface area contributed by atoms with Crippen LogP contribution in [0.4, 0.5) is 4.79 Å². The molecule has 0 aromatic carbocycles. The van der Waals surface area contributed by atoms with Gasteiger partial charge in [0.2, 0.25) is 5.91 Å². The van der Waals surface area contributed by atoms with Crippen molar-refractivity contribution < 1.29 is 26.8 Å². The van der Waals surface area contributed by atoms with Crippen molar-refractivity contribution >= 4 is 22.3 Å². The van der Waals surface area contributed by atoms with Crippen LogP contribution in [0, 0.1) is 0 Å². The number of nitrogens with zero attached hydrogens (tertiary/aromatic N) is 4. The Morgan fingerprint density at radius 1 is 1.25 bits per heavy atom. The molecule has 3 amide bonds. The molecule has 0 radical (unpaired) electrons. The molecule has 3 atom stereocenters. The van der Waals surface area contributed by atoms with Crippen LogP contribution in [0.3, 0.4) is 0 Å². The summed E-state index contributed by atoms with van der Waals surface area (Å²) in [6.07, 6.45) is 1.78. The molecule has 136 valence electrons. The zero-order valence-electron chi connectivity index (χ0n) is 13.7. The van der Waals surface area contributed by atoms with E-state index in [0.717, 1.165) is 6.42 Å². The highest BCUT2D eigenvalue weighted by Gasteiger charge is 2.50. The van der Waals surface area contributed by atoms with Crippen LogP contribution in [-0.4, -0.2) is 96.5 Å². The lowest BCUT2D eigenvalue weighted by Gasteiger charge is -2.32. The van der Waals surface area contributed by atoms with E-state index in [9.17, 15) is 18.0 Å². The van der Waals surface area contributed by atoms with E-state index in [4.69, 9.17) is 4.55 Å². The van der Waals surface area contributed by atoms with Gasteiger partial charge in [0.15, 0.2) is 0 Å². The summed E-state index contributed by atoms with van der Waals surface area (Å²) in [5.41, 5.74) is 0. The van der Waals surface area contributed by atoms with Crippen molar-refractivity contribution in [2.75, 3.05) is 33.7 Å². The van der Waals surface area contributed by atoms with Gasteiger partial charge in [-0.25, -0.2) is 4.79 Å². The number of amides is 3. The first kappa shape index (κ1) is 17.4. The van der Waals surface area contributed by atoms with Gasteiger partial charge in [-0.1, -0.05) is 0 Å². The molecule has 3 aliphatic rings. The standard InChI is InChI=1S/C13H22N4O6S/c1-14(2)9-5-6-15(7-9)12(18)11-4-3-10-8-16(11)13(19)17(10)23-24(20,21)22/h9-11H,3-8H2,1-2H3,(H,20,21,22)/t9?,10-,11+/m1/s1. The smallest absolute Gasteiger partial charge is 0.339 e. The fourth-order valence-corrected chi connectivity index (χ4v) is 4.05. The van der Waals surface area contributed by atoms with E-state index in [1.54, 1.807) is 4.90 Å². The molecule has 3 fully saturated rings. The second-order valence-electron chi connectivity index (χ2n) is 6.70. The first-order valence-corrected chi connectivity index (χ1v) is 9.26. The minimum Gasteiger partial charge on any atom is -0.339 e. The van der Waals surface area contributed by atoms with E-state index in [1.165, 1.54) is 4.90 Å². The molecule has 0 saturated carbocycles. The van der Waals surface area contributed by atoms with Crippen LogP contribution >= 0.6 is 0 Å². The Labute approximate surface area is 140 Å². The molecule has 24 heavy (non-hydrogen) atoms. The van der Waals surface area contributed by atoms with Crippen LogP contribution < -0.4 is 0 Å². The highest BCUT2D eigenvalue weighted by atomic mass is 32.3. The normalized spacial score (nSPS) is 30.6. The molecule has 1 N–H and O–H groups in total. The van der Waals surface area contributed by atoms with Gasteiger partial charge in [0.1, 0.15) is 6.04 Å². The van der Waals surface area contributed by atoms with Gasteiger partial charge in [0, 0.05) is 25.7 Å². The molecule has 0 aromatic heterocycles. The summed E-state index contributed by atoms with van der Waals surface area (Å²) in [5.74, 6) is -0.111. The van der Waals surface area contributed by atoms with Gasteiger partial charge in [-0.15, -0.1) is 4.28 Å². The predicted octanol–water partition coefficient (Wildman–Crippen LogP) is -0.848. The topological polar surface area (TPSA) is 111 Å². The van der Waals surface area contributed by atoms with Gasteiger partial charge >= 0.3 is 16.4 Å². The Balaban J connectivity index is 1.69. The number of urea groups is 1. The molecule has 3 aliphatic heterocycles. The zero-order chi connectivity index (χ0) is 17.6. The van der Waals surface area contributed by atoms with Crippen molar-refractivity contribution in [1.29, 1.82) is 0 Å². The van der Waals surface area contributed by atoms with Crippen molar-refractivity contribution in [3.63, 3.8) is 0 Å². The average Bonchev–Trinajstić information content (AvgIpc) is 3.07. The largest absolute Gasteiger partial charge is 0.418 e. The second-order valence-corrected chi connectivity index (χ2v) is 7.70. The Kier molecular flexibility index (Phi) is 4.45. The van der Waals surface area contributed by atoms with Crippen LogP contribution in [0.2, 0.25) is 0 Å². The molecule has 0 spiro atoms. The summed E-state index contributed by atoms with van der Waals surface area (Å²) in [6.45, 7) is 1.49. The van der Waals surface area contributed by atoms with E-state index in [2.05, 4.69) is 9.18 Å². The number of hydroxylamine groups is 2. The number of likely N-dealkylation sites (tertiary alicyclic amines) is 1. The number of carbonyl (C=O) groups is 2. The Bertz CT molecular complexity index is 638. The SMILES string of the molecule is CN(C)C1CCN(C(=O)[C@@H]2CC[C@@H]3CN2C(=O)N3OS(=O)(=O)O)C1. The van der Waals surface area contributed by atoms with Gasteiger partial charge < -0.3 is 14.7 Å². The maximum absolute atomic E-state index is 12.8. The van der Waals surface area contributed by atoms with Crippen molar-refractivity contribution in [3.05, 3.63) is 0 Å². The highest BCUT2D eigenvalue weighted by Crippen LogP contribution is 2.32. The van der Waals surface area contributed by atoms with Crippen LogP contribution in [0.5, 0.6) is 0 Å². The van der Waals surface area contributed by atoms with E-state index in [0.29, 0.717) is 37.0 Å². The number of likely N-dealkylation sites (N-methyl/N-ethyl adjacent to an activating group) is 1. The fourth-order valence-electron chi connectivity index (χ4n) is 3.66. The summed E-state index contributed by atoms with van der Waals surface area (Å²) in [4.78, 5) is 30.3. The molecule has 0 aliphatic carbocycles. The number of piperidine rings is 1. The van der Waals surface area contributed by atoms with Crippen molar-refractivity contribution in [2.45, 2.75) is 37.4 Å². The van der Waals surface area contributed by atoms with E-state index < -0.39 is 28.5 Å². The van der Waals surface area contributed by atoms with Crippen LogP contribution in [0.1, 0.15) is 19.3 Å². The quantitative estimate of drug-likeness (QED) is 0.649. The summed E-state index contributed by atoms with van der Waals surface area (Å²) in [7, 11) is -0.831. The Morgan fingerprint density at radius 2 is 1.96 bits per heavy atom. The molecule has 3 rings (SSSR count). The molecule has 3 saturated heterocycles. The van der Waals surface area contributed by atoms with Crippen molar-refractivity contribution in [2.24, 2.45) is 0 Å². The zero-order valence-corrected chi connectivity index (χ0v) is 14.5. The van der Waals surface area contributed by atoms with Gasteiger partial charge in [0.05, 0.1) is 6.04 Å². The number of carbonyl (C=O) groups excluding carboxylic acids is 2. The molecule has 1 unspecified atom stereocenters.